The van der Waals surface area contributed by atoms with Gasteiger partial charge in [0.1, 0.15) is 0 Å². The van der Waals surface area contributed by atoms with E-state index in [2.05, 4.69) is 17.1 Å². The van der Waals surface area contributed by atoms with Crippen LogP contribution in [0.5, 0.6) is 0 Å². The Morgan fingerprint density at radius 1 is 1.17 bits per heavy atom. The molecule has 1 heterocycles. The molecule has 3 aliphatic rings. The molecule has 2 amide bonds. The Morgan fingerprint density at radius 3 is 2.48 bits per heavy atom. The van der Waals surface area contributed by atoms with Crippen molar-refractivity contribution < 1.29 is 14.7 Å². The molecule has 4 atom stereocenters. The van der Waals surface area contributed by atoms with Crippen molar-refractivity contribution in [2.75, 3.05) is 39.3 Å². The average Bonchev–Trinajstić information content (AvgIpc) is 3.18. The lowest BCUT2D eigenvalue weighted by molar-refractivity contribution is -0.147. The van der Waals surface area contributed by atoms with E-state index in [0.29, 0.717) is 25.6 Å². The molecule has 2 N–H and O–H groups in total. The van der Waals surface area contributed by atoms with Crippen LogP contribution in [0.25, 0.3) is 0 Å². The van der Waals surface area contributed by atoms with Crippen LogP contribution < -0.4 is 5.32 Å². The van der Waals surface area contributed by atoms with Crippen molar-refractivity contribution in [1.82, 2.24) is 15.1 Å². The minimum Gasteiger partial charge on any atom is -0.395 e. The van der Waals surface area contributed by atoms with Gasteiger partial charge >= 0.3 is 11.8 Å². The monoisotopic (exact) mass is 323 g/mol. The molecule has 0 aromatic rings. The molecule has 2 bridgehead atoms. The number of amides is 2. The molecule has 6 heteroatoms. The van der Waals surface area contributed by atoms with Crippen molar-refractivity contribution in [3.8, 4) is 0 Å². The van der Waals surface area contributed by atoms with Gasteiger partial charge in [0.15, 0.2) is 0 Å². The van der Waals surface area contributed by atoms with Gasteiger partial charge in [-0.15, -0.1) is 0 Å². The SMILES string of the molecule is CC(NC(=O)C(=O)N1CCN(CCO)CC1)C1CC2CCC1C2. The first-order chi connectivity index (χ1) is 11.1. The summed E-state index contributed by atoms with van der Waals surface area (Å²) in [7, 11) is 0. The summed E-state index contributed by atoms with van der Waals surface area (Å²) >= 11 is 0. The molecule has 3 fully saturated rings. The Morgan fingerprint density at radius 2 is 1.91 bits per heavy atom. The fourth-order valence-corrected chi connectivity index (χ4v) is 4.74. The molecular formula is C17H29N3O3. The Balaban J connectivity index is 1.45. The standard InChI is InChI=1S/C17H29N3O3/c1-12(15-11-13-2-3-14(15)10-13)18-16(22)17(23)20-6-4-19(5-7-20)8-9-21/h12-15,21H,2-11H2,1H3,(H,18,22). The molecule has 1 saturated heterocycles. The third kappa shape index (κ3) is 3.69. The lowest BCUT2D eigenvalue weighted by Gasteiger charge is -2.34. The van der Waals surface area contributed by atoms with E-state index < -0.39 is 11.8 Å². The smallest absolute Gasteiger partial charge is 0.311 e. The van der Waals surface area contributed by atoms with Gasteiger partial charge < -0.3 is 15.3 Å². The first kappa shape index (κ1) is 16.7. The number of hydrogen-bond acceptors (Lipinski definition) is 4. The number of aliphatic hydroxyl groups excluding tert-OH is 1. The number of carbonyl (C=O) groups is 2. The number of rotatable bonds is 4. The highest BCUT2D eigenvalue weighted by Crippen LogP contribution is 2.49. The van der Waals surface area contributed by atoms with Gasteiger partial charge in [-0.25, -0.2) is 0 Å². The Hall–Kier alpha value is -1.14. The summed E-state index contributed by atoms with van der Waals surface area (Å²) in [6, 6.07) is 0.0948. The van der Waals surface area contributed by atoms with Crippen LogP contribution in [0.3, 0.4) is 0 Å². The summed E-state index contributed by atoms with van der Waals surface area (Å²) in [5.41, 5.74) is 0. The lowest BCUT2D eigenvalue weighted by Crippen LogP contribution is -2.54. The summed E-state index contributed by atoms with van der Waals surface area (Å²) in [6.07, 6.45) is 5.15. The highest BCUT2D eigenvalue weighted by atomic mass is 16.3. The van der Waals surface area contributed by atoms with Gasteiger partial charge in [-0.2, -0.15) is 0 Å². The number of hydrogen-bond donors (Lipinski definition) is 2. The number of carbonyl (C=O) groups excluding carboxylic acids is 2. The van der Waals surface area contributed by atoms with Gasteiger partial charge in [0, 0.05) is 38.8 Å². The van der Waals surface area contributed by atoms with Gasteiger partial charge in [-0.05, 0) is 43.9 Å². The largest absolute Gasteiger partial charge is 0.395 e. The minimum absolute atomic E-state index is 0.0948. The van der Waals surface area contributed by atoms with Gasteiger partial charge in [0.2, 0.25) is 0 Å². The van der Waals surface area contributed by atoms with E-state index in [-0.39, 0.29) is 12.6 Å². The van der Waals surface area contributed by atoms with Gasteiger partial charge in [-0.1, -0.05) is 6.42 Å². The third-order valence-corrected chi connectivity index (χ3v) is 6.06. The first-order valence-electron chi connectivity index (χ1n) is 9.01. The van der Waals surface area contributed by atoms with Crippen LogP contribution in [0.1, 0.15) is 32.6 Å². The highest BCUT2D eigenvalue weighted by molar-refractivity contribution is 6.35. The topological polar surface area (TPSA) is 72.9 Å². The van der Waals surface area contributed by atoms with E-state index in [1.165, 1.54) is 25.7 Å². The van der Waals surface area contributed by atoms with Gasteiger partial charge in [0.25, 0.3) is 0 Å². The number of nitrogens with one attached hydrogen (secondary N) is 1. The third-order valence-electron chi connectivity index (χ3n) is 6.06. The maximum atomic E-state index is 12.3. The maximum Gasteiger partial charge on any atom is 0.311 e. The molecule has 0 spiro atoms. The molecule has 0 aromatic carbocycles. The van der Waals surface area contributed by atoms with E-state index in [1.54, 1.807) is 4.90 Å². The Labute approximate surface area is 138 Å². The second kappa shape index (κ2) is 7.18. The zero-order valence-corrected chi connectivity index (χ0v) is 14.0. The summed E-state index contributed by atoms with van der Waals surface area (Å²) in [5, 5.41) is 11.9. The van der Waals surface area contributed by atoms with Gasteiger partial charge in [0.05, 0.1) is 6.61 Å². The quantitative estimate of drug-likeness (QED) is 0.718. The van der Waals surface area contributed by atoms with Crippen molar-refractivity contribution in [1.29, 1.82) is 0 Å². The molecule has 6 nitrogen and oxygen atoms in total. The van der Waals surface area contributed by atoms with Crippen LogP contribution in [0.4, 0.5) is 0 Å². The van der Waals surface area contributed by atoms with Gasteiger partial charge in [-0.3, -0.25) is 14.5 Å². The molecule has 0 radical (unpaired) electrons. The molecule has 2 aliphatic carbocycles. The molecule has 23 heavy (non-hydrogen) atoms. The maximum absolute atomic E-state index is 12.3. The van der Waals surface area contributed by atoms with Crippen molar-refractivity contribution >= 4 is 11.8 Å². The van der Waals surface area contributed by atoms with Crippen molar-refractivity contribution in [3.05, 3.63) is 0 Å². The molecule has 3 rings (SSSR count). The predicted octanol–water partition coefficient (Wildman–Crippen LogP) is 0.0638. The normalized spacial score (nSPS) is 32.1. The van der Waals surface area contributed by atoms with E-state index in [1.807, 2.05) is 0 Å². The highest BCUT2D eigenvalue weighted by Gasteiger charge is 2.42. The van der Waals surface area contributed by atoms with Crippen molar-refractivity contribution in [3.63, 3.8) is 0 Å². The van der Waals surface area contributed by atoms with Crippen LogP contribution in [-0.4, -0.2) is 72.1 Å². The van der Waals surface area contributed by atoms with Crippen molar-refractivity contribution in [2.24, 2.45) is 17.8 Å². The Bertz CT molecular complexity index is 448. The second-order valence-corrected chi connectivity index (χ2v) is 7.46. The van der Waals surface area contributed by atoms with Crippen LogP contribution in [0, 0.1) is 17.8 Å². The number of fused-ring (bicyclic) bond motifs is 2. The number of β-amino-alcohol motifs (C(OH)–C–C–N with tert-alkyl or cyclic N) is 1. The Kier molecular flexibility index (Phi) is 5.21. The van der Waals surface area contributed by atoms with Crippen LogP contribution >= 0.6 is 0 Å². The van der Waals surface area contributed by atoms with E-state index in [0.717, 1.165) is 24.9 Å². The van der Waals surface area contributed by atoms with E-state index >= 15 is 0 Å². The van der Waals surface area contributed by atoms with E-state index in [9.17, 15) is 9.59 Å². The molecule has 1 aliphatic heterocycles. The predicted molar refractivity (Wildman–Crippen MR) is 86.6 cm³/mol. The summed E-state index contributed by atoms with van der Waals surface area (Å²) in [5.74, 6) is 1.29. The zero-order valence-electron chi connectivity index (χ0n) is 14.0. The molecule has 4 unspecified atom stereocenters. The zero-order chi connectivity index (χ0) is 16.4. The summed E-state index contributed by atoms with van der Waals surface area (Å²) in [6.45, 7) is 5.40. The number of aliphatic hydroxyl groups is 1. The second-order valence-electron chi connectivity index (χ2n) is 7.46. The van der Waals surface area contributed by atoms with Crippen molar-refractivity contribution in [2.45, 2.75) is 38.6 Å². The number of piperazine rings is 1. The summed E-state index contributed by atoms with van der Waals surface area (Å²) in [4.78, 5) is 28.3. The fraction of sp³-hybridized carbons (Fsp3) is 0.882. The summed E-state index contributed by atoms with van der Waals surface area (Å²) < 4.78 is 0. The molecule has 2 saturated carbocycles. The number of nitrogens with zero attached hydrogens (tertiary/aromatic N) is 2. The van der Waals surface area contributed by atoms with Crippen LogP contribution in [0.15, 0.2) is 0 Å². The first-order valence-corrected chi connectivity index (χ1v) is 9.01. The van der Waals surface area contributed by atoms with Crippen LogP contribution in [0.2, 0.25) is 0 Å². The average molecular weight is 323 g/mol. The lowest BCUT2D eigenvalue weighted by atomic mass is 9.84. The molecular weight excluding hydrogens is 294 g/mol. The van der Waals surface area contributed by atoms with Crippen LogP contribution in [-0.2, 0) is 9.59 Å². The molecule has 0 aromatic heterocycles. The van der Waals surface area contributed by atoms with E-state index in [4.69, 9.17) is 5.11 Å². The minimum atomic E-state index is -0.448. The fourth-order valence-electron chi connectivity index (χ4n) is 4.74. The molecule has 130 valence electrons.